The van der Waals surface area contributed by atoms with Gasteiger partial charge in [-0.15, -0.1) is 0 Å². The summed E-state index contributed by atoms with van der Waals surface area (Å²) in [6.45, 7) is 2.00. The minimum atomic E-state index is -3.55. The maximum Gasteiger partial charge on any atom is 0.263 e. The van der Waals surface area contributed by atoms with Gasteiger partial charge in [0.15, 0.2) is 0 Å². The quantitative estimate of drug-likeness (QED) is 0.920. The van der Waals surface area contributed by atoms with E-state index in [-0.39, 0.29) is 4.90 Å². The number of aryl methyl sites for hydroxylation is 1. The van der Waals surface area contributed by atoms with Gasteiger partial charge in [-0.3, -0.25) is 4.72 Å². The number of hydrogen-bond donors (Lipinski definition) is 1. The summed E-state index contributed by atoms with van der Waals surface area (Å²) in [5.74, 6) is 0.346. The number of aromatic nitrogens is 1. The average Bonchev–Trinajstić information content (AvgIpc) is 2.39. The fourth-order valence-corrected chi connectivity index (χ4v) is 2.57. The fourth-order valence-electron chi connectivity index (χ4n) is 1.55. The summed E-state index contributed by atoms with van der Waals surface area (Å²) in [4.78, 5) is 4.24. The number of pyridine rings is 1. The SMILES string of the molecule is CCc1ccnc(NS(=O)(=O)c2ccccc2)c1. The Morgan fingerprint density at radius 2 is 1.89 bits per heavy atom. The lowest BCUT2D eigenvalue weighted by molar-refractivity contribution is 0.601. The first-order valence-electron chi connectivity index (χ1n) is 5.64. The Balaban J connectivity index is 2.28. The van der Waals surface area contributed by atoms with Crippen molar-refractivity contribution < 1.29 is 8.42 Å². The fraction of sp³-hybridized carbons (Fsp3) is 0.154. The van der Waals surface area contributed by atoms with Gasteiger partial charge in [0, 0.05) is 6.20 Å². The lowest BCUT2D eigenvalue weighted by Crippen LogP contribution is -2.13. The van der Waals surface area contributed by atoms with Gasteiger partial charge >= 0.3 is 0 Å². The molecule has 1 aromatic carbocycles. The molecule has 0 aliphatic rings. The zero-order valence-electron chi connectivity index (χ0n) is 10.00. The molecule has 0 aliphatic heterocycles. The number of nitrogens with zero attached hydrogens (tertiary/aromatic N) is 1. The number of rotatable bonds is 4. The molecule has 94 valence electrons. The van der Waals surface area contributed by atoms with E-state index in [1.165, 1.54) is 0 Å². The largest absolute Gasteiger partial charge is 0.263 e. The van der Waals surface area contributed by atoms with Gasteiger partial charge in [0.25, 0.3) is 10.0 Å². The van der Waals surface area contributed by atoms with Crippen LogP contribution in [0.15, 0.2) is 53.6 Å². The molecular formula is C13H14N2O2S. The Morgan fingerprint density at radius 1 is 1.17 bits per heavy atom. The molecule has 2 rings (SSSR count). The zero-order valence-corrected chi connectivity index (χ0v) is 10.8. The molecule has 18 heavy (non-hydrogen) atoms. The van der Waals surface area contributed by atoms with Crippen LogP contribution >= 0.6 is 0 Å². The predicted octanol–water partition coefficient (Wildman–Crippen LogP) is 2.44. The van der Waals surface area contributed by atoms with E-state index in [0.29, 0.717) is 5.82 Å². The third kappa shape index (κ3) is 2.87. The first kappa shape index (κ1) is 12.6. The van der Waals surface area contributed by atoms with Gasteiger partial charge < -0.3 is 0 Å². The minimum absolute atomic E-state index is 0.230. The number of sulfonamides is 1. The molecule has 0 amide bonds. The first-order valence-corrected chi connectivity index (χ1v) is 7.13. The van der Waals surface area contributed by atoms with Crippen LogP contribution < -0.4 is 4.72 Å². The Hall–Kier alpha value is -1.88. The summed E-state index contributed by atoms with van der Waals surface area (Å²) < 4.78 is 26.6. The highest BCUT2D eigenvalue weighted by Gasteiger charge is 2.13. The molecule has 4 nitrogen and oxygen atoms in total. The zero-order chi connectivity index (χ0) is 13.0. The van der Waals surface area contributed by atoms with Crippen molar-refractivity contribution in [2.45, 2.75) is 18.2 Å². The minimum Gasteiger partial charge on any atom is -0.263 e. The van der Waals surface area contributed by atoms with Crippen LogP contribution in [0, 0.1) is 0 Å². The van der Waals surface area contributed by atoms with Gasteiger partial charge in [-0.25, -0.2) is 13.4 Å². The number of anilines is 1. The van der Waals surface area contributed by atoms with Crippen LogP contribution in [-0.4, -0.2) is 13.4 Å². The van der Waals surface area contributed by atoms with Crippen molar-refractivity contribution in [3.63, 3.8) is 0 Å². The molecule has 1 N–H and O–H groups in total. The summed E-state index contributed by atoms with van der Waals surface area (Å²) >= 11 is 0. The second kappa shape index (κ2) is 5.18. The summed E-state index contributed by atoms with van der Waals surface area (Å²) in [6, 6.07) is 11.8. The van der Waals surface area contributed by atoms with E-state index in [1.54, 1.807) is 42.6 Å². The average molecular weight is 262 g/mol. The topological polar surface area (TPSA) is 59.1 Å². The molecule has 0 aliphatic carbocycles. The highest BCUT2D eigenvalue weighted by Crippen LogP contribution is 2.14. The third-order valence-electron chi connectivity index (χ3n) is 2.53. The highest BCUT2D eigenvalue weighted by molar-refractivity contribution is 7.92. The Labute approximate surface area is 107 Å². The van der Waals surface area contributed by atoms with Gasteiger partial charge in [-0.1, -0.05) is 25.1 Å². The highest BCUT2D eigenvalue weighted by atomic mass is 32.2. The van der Waals surface area contributed by atoms with Crippen LogP contribution in [0.3, 0.4) is 0 Å². The molecule has 0 saturated heterocycles. The molecular weight excluding hydrogens is 248 g/mol. The lowest BCUT2D eigenvalue weighted by atomic mass is 10.2. The van der Waals surface area contributed by atoms with Crippen LogP contribution in [0.2, 0.25) is 0 Å². The Morgan fingerprint density at radius 3 is 2.56 bits per heavy atom. The summed E-state index contributed by atoms with van der Waals surface area (Å²) in [6.07, 6.45) is 2.43. The van der Waals surface area contributed by atoms with E-state index < -0.39 is 10.0 Å². The van der Waals surface area contributed by atoms with E-state index in [4.69, 9.17) is 0 Å². The van der Waals surface area contributed by atoms with Gasteiger partial charge in [0.05, 0.1) is 4.90 Å². The van der Waals surface area contributed by atoms with Crippen molar-refractivity contribution in [1.82, 2.24) is 4.98 Å². The van der Waals surface area contributed by atoms with E-state index in [1.807, 2.05) is 13.0 Å². The molecule has 0 bridgehead atoms. The van der Waals surface area contributed by atoms with Crippen molar-refractivity contribution in [1.29, 1.82) is 0 Å². The van der Waals surface area contributed by atoms with Gasteiger partial charge in [0.2, 0.25) is 0 Å². The lowest BCUT2D eigenvalue weighted by Gasteiger charge is -2.07. The molecule has 0 unspecified atom stereocenters. The normalized spacial score (nSPS) is 11.2. The van der Waals surface area contributed by atoms with Crippen LogP contribution in [0.1, 0.15) is 12.5 Å². The number of nitrogens with one attached hydrogen (secondary N) is 1. The van der Waals surface area contributed by atoms with E-state index in [9.17, 15) is 8.42 Å². The molecule has 2 aromatic rings. The molecule has 1 aromatic heterocycles. The second-order valence-corrected chi connectivity index (χ2v) is 5.50. The van der Waals surface area contributed by atoms with Crippen molar-refractivity contribution in [2.75, 3.05) is 4.72 Å². The molecule has 0 spiro atoms. The smallest absolute Gasteiger partial charge is 0.263 e. The molecule has 0 saturated carbocycles. The summed E-state index contributed by atoms with van der Waals surface area (Å²) in [5, 5.41) is 0. The van der Waals surface area contributed by atoms with E-state index in [0.717, 1.165) is 12.0 Å². The number of hydrogen-bond acceptors (Lipinski definition) is 3. The molecule has 0 atom stereocenters. The van der Waals surface area contributed by atoms with E-state index >= 15 is 0 Å². The summed E-state index contributed by atoms with van der Waals surface area (Å²) in [7, 11) is -3.55. The van der Waals surface area contributed by atoms with E-state index in [2.05, 4.69) is 9.71 Å². The second-order valence-electron chi connectivity index (χ2n) is 3.82. The Bertz CT molecular complexity index is 624. The van der Waals surface area contributed by atoms with Gasteiger partial charge in [-0.05, 0) is 36.2 Å². The Kier molecular flexibility index (Phi) is 3.62. The van der Waals surface area contributed by atoms with Gasteiger partial charge in [0.1, 0.15) is 5.82 Å². The molecule has 0 radical (unpaired) electrons. The monoisotopic (exact) mass is 262 g/mol. The summed E-state index contributed by atoms with van der Waals surface area (Å²) in [5.41, 5.74) is 1.04. The molecule has 0 fully saturated rings. The molecule has 1 heterocycles. The molecule has 5 heteroatoms. The first-order chi connectivity index (χ1) is 8.62. The van der Waals surface area contributed by atoms with Crippen molar-refractivity contribution in [3.05, 3.63) is 54.2 Å². The van der Waals surface area contributed by atoms with Crippen LogP contribution in [-0.2, 0) is 16.4 Å². The standard InChI is InChI=1S/C13H14N2O2S/c1-2-11-8-9-14-13(10-11)15-18(16,17)12-6-4-3-5-7-12/h3-10H,2H2,1H3,(H,14,15). The predicted molar refractivity (Wildman–Crippen MR) is 70.9 cm³/mol. The number of benzene rings is 1. The van der Waals surface area contributed by atoms with Crippen LogP contribution in [0.4, 0.5) is 5.82 Å². The van der Waals surface area contributed by atoms with Gasteiger partial charge in [-0.2, -0.15) is 0 Å². The third-order valence-corrected chi connectivity index (χ3v) is 3.90. The van der Waals surface area contributed by atoms with Crippen LogP contribution in [0.25, 0.3) is 0 Å². The maximum absolute atomic E-state index is 12.1. The van der Waals surface area contributed by atoms with Crippen LogP contribution in [0.5, 0.6) is 0 Å². The van der Waals surface area contributed by atoms with Crippen molar-refractivity contribution >= 4 is 15.8 Å². The van der Waals surface area contributed by atoms with Crippen molar-refractivity contribution in [3.8, 4) is 0 Å². The van der Waals surface area contributed by atoms with Crippen molar-refractivity contribution in [2.24, 2.45) is 0 Å². The maximum atomic E-state index is 12.1.